The molecule has 6 heteroatoms. The van der Waals surface area contributed by atoms with Gasteiger partial charge in [-0.05, 0) is 59.3 Å². The third kappa shape index (κ3) is 6.23. The van der Waals surface area contributed by atoms with E-state index in [9.17, 15) is 9.59 Å². The predicted octanol–water partition coefficient (Wildman–Crippen LogP) is 3.57. The van der Waals surface area contributed by atoms with Crippen molar-refractivity contribution in [2.45, 2.75) is 83.4 Å². The summed E-state index contributed by atoms with van der Waals surface area (Å²) in [7, 11) is 1.65. The van der Waals surface area contributed by atoms with Gasteiger partial charge in [-0.2, -0.15) is 0 Å². The Morgan fingerprint density at radius 1 is 1.04 bits per heavy atom. The molecule has 0 aromatic heterocycles. The smallest absolute Gasteiger partial charge is 0.410 e. The average Bonchev–Trinajstić information content (AvgIpc) is 2.55. The van der Waals surface area contributed by atoms with Crippen molar-refractivity contribution in [2.24, 2.45) is 5.92 Å². The first kappa shape index (κ1) is 21.2. The quantitative estimate of drug-likeness (QED) is 0.612. The Balaban J connectivity index is 1.82. The maximum absolute atomic E-state index is 12.6. The minimum absolute atomic E-state index is 0.0722. The summed E-state index contributed by atoms with van der Waals surface area (Å²) >= 11 is 0. The van der Waals surface area contributed by atoms with E-state index in [-0.39, 0.29) is 24.1 Å². The highest BCUT2D eigenvalue weighted by molar-refractivity contribution is 5.81. The second kappa shape index (κ2) is 9.70. The zero-order chi connectivity index (χ0) is 19.2. The maximum atomic E-state index is 12.6. The predicted molar refractivity (Wildman–Crippen MR) is 99.2 cm³/mol. The van der Waals surface area contributed by atoms with Crippen molar-refractivity contribution in [3.05, 3.63) is 0 Å². The first-order chi connectivity index (χ1) is 12.3. The minimum atomic E-state index is -0.485. The Hall–Kier alpha value is -1.14. The second-order valence-corrected chi connectivity index (χ2v) is 8.47. The Morgan fingerprint density at radius 3 is 2.27 bits per heavy atom. The molecule has 0 aromatic carbocycles. The molecular weight excluding hydrogens is 334 g/mol. The molecule has 2 aliphatic heterocycles. The van der Waals surface area contributed by atoms with Gasteiger partial charge in [0.1, 0.15) is 11.4 Å². The normalized spacial score (nSPS) is 25.8. The number of carbonyl (C=O) groups is 2. The molecule has 6 nitrogen and oxygen atoms in total. The Morgan fingerprint density at radius 2 is 1.69 bits per heavy atom. The molecule has 2 heterocycles. The van der Waals surface area contributed by atoms with Crippen LogP contribution in [0.15, 0.2) is 0 Å². The molecule has 2 unspecified atom stereocenters. The van der Waals surface area contributed by atoms with Gasteiger partial charge >= 0.3 is 6.09 Å². The lowest BCUT2D eigenvalue weighted by Crippen LogP contribution is -2.56. The van der Waals surface area contributed by atoms with Crippen LogP contribution in [0.3, 0.4) is 0 Å². The molecule has 2 bridgehead atoms. The number of methoxy groups -OCH3 is 1. The zero-order valence-electron chi connectivity index (χ0n) is 16.8. The van der Waals surface area contributed by atoms with Crippen LogP contribution in [-0.4, -0.2) is 61.4 Å². The molecule has 150 valence electrons. The van der Waals surface area contributed by atoms with Crippen LogP contribution in [0.2, 0.25) is 0 Å². The lowest BCUT2D eigenvalue weighted by atomic mass is 9.76. The van der Waals surface area contributed by atoms with Crippen LogP contribution in [0.1, 0.15) is 65.7 Å². The van der Waals surface area contributed by atoms with E-state index >= 15 is 0 Å². The number of amides is 1. The monoisotopic (exact) mass is 369 g/mol. The molecule has 2 rings (SSSR count). The first-order valence-electron chi connectivity index (χ1n) is 9.92. The molecule has 1 amide bonds. The van der Waals surface area contributed by atoms with Gasteiger partial charge in [0.25, 0.3) is 0 Å². The van der Waals surface area contributed by atoms with Gasteiger partial charge in [-0.25, -0.2) is 4.79 Å². The second-order valence-electron chi connectivity index (χ2n) is 8.47. The minimum Gasteiger partial charge on any atom is -0.444 e. The number of ketones is 1. The Bertz CT molecular complexity index is 459. The summed E-state index contributed by atoms with van der Waals surface area (Å²) in [5.41, 5.74) is -0.485. The highest BCUT2D eigenvalue weighted by atomic mass is 16.6. The fraction of sp³-hybridized carbons (Fsp3) is 0.900. The van der Waals surface area contributed by atoms with E-state index < -0.39 is 5.60 Å². The lowest BCUT2D eigenvalue weighted by Gasteiger charge is -2.48. The summed E-state index contributed by atoms with van der Waals surface area (Å²) < 4.78 is 16.0. The number of Topliss-reactive ketones (excluding diaryl/α,β-unsaturated/α-hetero) is 1. The Kier molecular flexibility index (Phi) is 7.89. The van der Waals surface area contributed by atoms with E-state index in [1.807, 2.05) is 25.7 Å². The molecule has 0 aromatic rings. The number of carbonyl (C=O) groups excluding carboxylic acids is 2. The molecule has 0 aliphatic carbocycles. The number of hydrogen-bond donors (Lipinski definition) is 0. The van der Waals surface area contributed by atoms with Crippen LogP contribution in [0.5, 0.6) is 0 Å². The van der Waals surface area contributed by atoms with Crippen molar-refractivity contribution in [1.29, 1.82) is 0 Å². The van der Waals surface area contributed by atoms with E-state index in [1.165, 1.54) is 0 Å². The van der Waals surface area contributed by atoms with Crippen molar-refractivity contribution >= 4 is 11.9 Å². The maximum Gasteiger partial charge on any atom is 0.410 e. The van der Waals surface area contributed by atoms with Crippen molar-refractivity contribution < 1.29 is 23.8 Å². The van der Waals surface area contributed by atoms with Crippen LogP contribution < -0.4 is 0 Å². The van der Waals surface area contributed by atoms with Crippen LogP contribution in [0.25, 0.3) is 0 Å². The fourth-order valence-corrected chi connectivity index (χ4v) is 4.05. The molecule has 26 heavy (non-hydrogen) atoms. The molecule has 0 radical (unpaired) electrons. The summed E-state index contributed by atoms with van der Waals surface area (Å²) in [6.07, 6.45) is 5.72. The van der Waals surface area contributed by atoms with Gasteiger partial charge in [-0.3, -0.25) is 4.79 Å². The van der Waals surface area contributed by atoms with E-state index in [4.69, 9.17) is 14.2 Å². The SMILES string of the molecule is COCCOCCCC(=O)C1CC2CCCC(C1)N2C(=O)OC(C)(C)C. The van der Waals surface area contributed by atoms with E-state index in [1.54, 1.807) is 7.11 Å². The third-order valence-electron chi connectivity index (χ3n) is 5.18. The van der Waals surface area contributed by atoms with Crippen molar-refractivity contribution in [3.8, 4) is 0 Å². The van der Waals surface area contributed by atoms with Gasteiger partial charge in [0.15, 0.2) is 0 Å². The van der Waals surface area contributed by atoms with Gasteiger partial charge in [-0.15, -0.1) is 0 Å². The molecule has 0 saturated carbocycles. The summed E-state index contributed by atoms with van der Waals surface area (Å²) in [6.45, 7) is 7.44. The number of piperidine rings is 2. The molecular formula is C20H35NO5. The van der Waals surface area contributed by atoms with Crippen molar-refractivity contribution in [1.82, 2.24) is 4.90 Å². The lowest BCUT2D eigenvalue weighted by molar-refractivity contribution is -0.127. The van der Waals surface area contributed by atoms with Gasteiger partial charge in [0.05, 0.1) is 13.2 Å². The van der Waals surface area contributed by atoms with Crippen LogP contribution in [0, 0.1) is 5.92 Å². The highest BCUT2D eigenvalue weighted by Gasteiger charge is 2.44. The molecule has 2 atom stereocenters. The standard InChI is InChI=1S/C20H35NO5/c1-20(2,3)26-19(23)21-16-7-5-8-17(21)14-15(13-16)18(22)9-6-10-25-12-11-24-4/h15-17H,5-14H2,1-4H3. The Labute approximate surface area is 157 Å². The van der Waals surface area contributed by atoms with E-state index in [2.05, 4.69) is 0 Å². The molecule has 2 aliphatic rings. The average molecular weight is 370 g/mol. The van der Waals surface area contributed by atoms with E-state index in [0.717, 1.165) is 38.5 Å². The summed E-state index contributed by atoms with van der Waals surface area (Å²) in [6, 6.07) is 0.286. The number of ether oxygens (including phenoxy) is 3. The van der Waals surface area contributed by atoms with Gasteiger partial charge in [0.2, 0.25) is 0 Å². The van der Waals surface area contributed by atoms with Gasteiger partial charge < -0.3 is 19.1 Å². The van der Waals surface area contributed by atoms with Crippen molar-refractivity contribution in [3.63, 3.8) is 0 Å². The largest absolute Gasteiger partial charge is 0.444 e. The van der Waals surface area contributed by atoms with Crippen LogP contribution >= 0.6 is 0 Å². The van der Waals surface area contributed by atoms with Crippen LogP contribution in [0.4, 0.5) is 4.79 Å². The van der Waals surface area contributed by atoms with Crippen LogP contribution in [-0.2, 0) is 19.0 Å². The van der Waals surface area contributed by atoms with Crippen molar-refractivity contribution in [2.75, 3.05) is 26.9 Å². The highest BCUT2D eigenvalue weighted by Crippen LogP contribution is 2.38. The number of rotatable bonds is 8. The number of nitrogens with zero attached hydrogens (tertiary/aromatic N) is 1. The third-order valence-corrected chi connectivity index (χ3v) is 5.18. The molecule has 0 N–H and O–H groups in total. The molecule has 0 spiro atoms. The topological polar surface area (TPSA) is 65.1 Å². The molecule has 2 saturated heterocycles. The van der Waals surface area contributed by atoms with Gasteiger partial charge in [0, 0.05) is 38.1 Å². The number of hydrogen-bond acceptors (Lipinski definition) is 5. The van der Waals surface area contributed by atoms with Gasteiger partial charge in [-0.1, -0.05) is 0 Å². The molecule has 2 fully saturated rings. The fourth-order valence-electron chi connectivity index (χ4n) is 4.05. The summed E-state index contributed by atoms with van der Waals surface area (Å²) in [5.74, 6) is 0.393. The number of fused-ring (bicyclic) bond motifs is 2. The summed E-state index contributed by atoms with van der Waals surface area (Å²) in [4.78, 5) is 27.1. The zero-order valence-corrected chi connectivity index (χ0v) is 16.8. The summed E-state index contributed by atoms with van der Waals surface area (Å²) in [5, 5.41) is 0. The van der Waals surface area contributed by atoms with E-state index in [0.29, 0.717) is 32.0 Å². The first-order valence-corrected chi connectivity index (χ1v) is 9.92.